The van der Waals surface area contributed by atoms with Gasteiger partial charge in [-0.05, 0) is 77.9 Å². The summed E-state index contributed by atoms with van der Waals surface area (Å²) in [7, 11) is 0. The molecule has 0 bridgehead atoms. The van der Waals surface area contributed by atoms with Gasteiger partial charge in [0.25, 0.3) is 0 Å². The van der Waals surface area contributed by atoms with Gasteiger partial charge in [-0.3, -0.25) is 9.59 Å². The predicted molar refractivity (Wildman–Crippen MR) is 142 cm³/mol. The van der Waals surface area contributed by atoms with Crippen LogP contribution in [0.3, 0.4) is 0 Å². The monoisotopic (exact) mass is 505 g/mol. The van der Waals surface area contributed by atoms with Gasteiger partial charge in [-0.15, -0.1) is 0 Å². The van der Waals surface area contributed by atoms with E-state index in [2.05, 4.69) is 17.6 Å². The summed E-state index contributed by atoms with van der Waals surface area (Å²) >= 11 is 1.61. The van der Waals surface area contributed by atoms with Crippen molar-refractivity contribution < 1.29 is 19.1 Å². The molecule has 0 aliphatic heterocycles. The van der Waals surface area contributed by atoms with Crippen LogP contribution in [0.1, 0.15) is 83.9 Å². The minimum Gasteiger partial charge on any atom is -0.444 e. The Bertz CT molecular complexity index is 849. The molecule has 8 heteroatoms. The zero-order chi connectivity index (χ0) is 26.2. The Labute approximate surface area is 215 Å². The van der Waals surface area contributed by atoms with Crippen molar-refractivity contribution >= 4 is 29.7 Å². The second kappa shape index (κ2) is 13.2. The molecular formula is C27H43N3O4S. The van der Waals surface area contributed by atoms with E-state index in [0.29, 0.717) is 12.2 Å². The first-order chi connectivity index (χ1) is 16.5. The van der Waals surface area contributed by atoms with Gasteiger partial charge in [-0.1, -0.05) is 43.2 Å². The quantitative estimate of drug-likeness (QED) is 0.418. The van der Waals surface area contributed by atoms with Gasteiger partial charge < -0.3 is 20.3 Å². The van der Waals surface area contributed by atoms with E-state index >= 15 is 0 Å². The molecule has 1 fully saturated rings. The van der Waals surface area contributed by atoms with Crippen LogP contribution in [0.25, 0.3) is 0 Å². The number of amides is 3. The van der Waals surface area contributed by atoms with Crippen LogP contribution < -0.4 is 10.6 Å². The van der Waals surface area contributed by atoms with Gasteiger partial charge in [0, 0.05) is 12.1 Å². The standard InChI is InChI=1S/C27H43N3O4S/c1-8-9-19(3)28-24(31)23(20-12-10-18(2)11-13-20)30(21-14-15-21)25(32)22(16-17-35-7)29-26(33)34-27(4,5)6/h10-13,19,21-23H,8-9,14-17H2,1-7H3,(H,28,31)(H,29,33). The number of nitrogens with one attached hydrogen (secondary N) is 2. The Kier molecular flexibility index (Phi) is 10.9. The molecular weight excluding hydrogens is 462 g/mol. The molecule has 1 aliphatic rings. The number of hydrogen-bond donors (Lipinski definition) is 2. The molecule has 3 unspecified atom stereocenters. The van der Waals surface area contributed by atoms with Crippen LogP contribution >= 0.6 is 11.8 Å². The van der Waals surface area contributed by atoms with Gasteiger partial charge in [0.15, 0.2) is 0 Å². The number of carbonyl (C=O) groups excluding carboxylic acids is 3. The number of benzene rings is 1. The minimum absolute atomic E-state index is 0.00350. The zero-order valence-corrected chi connectivity index (χ0v) is 23.2. The van der Waals surface area contributed by atoms with Crippen LogP contribution in [0, 0.1) is 6.92 Å². The lowest BCUT2D eigenvalue weighted by atomic mass is 10.00. The summed E-state index contributed by atoms with van der Waals surface area (Å²) in [5, 5.41) is 5.91. The fraction of sp³-hybridized carbons (Fsp3) is 0.667. The minimum atomic E-state index is -0.772. The van der Waals surface area contributed by atoms with Crippen LogP contribution in [-0.2, 0) is 14.3 Å². The van der Waals surface area contributed by atoms with E-state index in [4.69, 9.17) is 4.74 Å². The molecule has 7 nitrogen and oxygen atoms in total. The highest BCUT2D eigenvalue weighted by Crippen LogP contribution is 2.36. The highest BCUT2D eigenvalue weighted by Gasteiger charge is 2.44. The van der Waals surface area contributed by atoms with E-state index in [1.807, 2.05) is 44.4 Å². The van der Waals surface area contributed by atoms with Crippen molar-refractivity contribution in [3.8, 4) is 0 Å². The summed E-state index contributed by atoms with van der Waals surface area (Å²) in [6.45, 7) is 11.4. The van der Waals surface area contributed by atoms with Gasteiger partial charge in [0.1, 0.15) is 17.7 Å². The number of thioether (sulfide) groups is 1. The van der Waals surface area contributed by atoms with E-state index in [1.165, 1.54) is 0 Å². The number of carbonyl (C=O) groups is 3. The summed E-state index contributed by atoms with van der Waals surface area (Å²) in [6, 6.07) is 6.21. The maximum Gasteiger partial charge on any atom is 0.408 e. The number of alkyl carbamates (subject to hydrolysis) is 1. The van der Waals surface area contributed by atoms with E-state index in [0.717, 1.165) is 36.8 Å². The van der Waals surface area contributed by atoms with Crippen molar-refractivity contribution in [3.63, 3.8) is 0 Å². The van der Waals surface area contributed by atoms with E-state index in [1.54, 1.807) is 37.4 Å². The van der Waals surface area contributed by atoms with Crippen molar-refractivity contribution in [2.24, 2.45) is 0 Å². The van der Waals surface area contributed by atoms with E-state index < -0.39 is 23.8 Å². The second-order valence-electron chi connectivity index (χ2n) is 10.5. The average molecular weight is 506 g/mol. The Balaban J connectivity index is 2.40. The molecule has 2 rings (SSSR count). The summed E-state index contributed by atoms with van der Waals surface area (Å²) in [5.74, 6) is 0.270. The Morgan fingerprint density at radius 3 is 2.26 bits per heavy atom. The Hall–Kier alpha value is -2.22. The second-order valence-corrected chi connectivity index (χ2v) is 11.5. The smallest absolute Gasteiger partial charge is 0.408 e. The normalized spacial score (nSPS) is 16.1. The van der Waals surface area contributed by atoms with Crippen LogP contribution in [-0.4, -0.2) is 58.5 Å². The van der Waals surface area contributed by atoms with Gasteiger partial charge in [-0.2, -0.15) is 11.8 Å². The summed E-state index contributed by atoms with van der Waals surface area (Å²) in [6.07, 6.45) is 5.29. The number of hydrogen-bond acceptors (Lipinski definition) is 5. The molecule has 2 N–H and O–H groups in total. The van der Waals surface area contributed by atoms with Gasteiger partial charge in [0.2, 0.25) is 11.8 Å². The Morgan fingerprint density at radius 2 is 1.74 bits per heavy atom. The van der Waals surface area contributed by atoms with E-state index in [9.17, 15) is 14.4 Å². The van der Waals surface area contributed by atoms with Crippen molar-refractivity contribution in [1.82, 2.24) is 15.5 Å². The molecule has 0 saturated heterocycles. The number of nitrogens with zero attached hydrogens (tertiary/aromatic N) is 1. The first-order valence-corrected chi connectivity index (χ1v) is 14.0. The fourth-order valence-corrected chi connectivity index (χ4v) is 4.48. The van der Waals surface area contributed by atoms with Crippen molar-refractivity contribution in [2.75, 3.05) is 12.0 Å². The lowest BCUT2D eigenvalue weighted by Gasteiger charge is -2.35. The molecule has 3 amide bonds. The lowest BCUT2D eigenvalue weighted by Crippen LogP contribution is -2.54. The van der Waals surface area contributed by atoms with Gasteiger partial charge >= 0.3 is 6.09 Å². The molecule has 35 heavy (non-hydrogen) atoms. The van der Waals surface area contributed by atoms with Crippen molar-refractivity contribution in [1.29, 1.82) is 0 Å². The fourth-order valence-electron chi connectivity index (χ4n) is 4.01. The SMILES string of the molecule is CCCC(C)NC(=O)C(c1ccc(C)cc1)N(C(=O)C(CCSC)NC(=O)OC(C)(C)C)C1CC1. The molecule has 0 heterocycles. The molecule has 1 saturated carbocycles. The number of rotatable bonds is 12. The summed E-state index contributed by atoms with van der Waals surface area (Å²) in [5.41, 5.74) is 1.19. The highest BCUT2D eigenvalue weighted by molar-refractivity contribution is 7.98. The van der Waals surface area contributed by atoms with Crippen LogP contribution in [0.2, 0.25) is 0 Å². The third-order valence-electron chi connectivity index (χ3n) is 5.82. The summed E-state index contributed by atoms with van der Waals surface area (Å²) < 4.78 is 5.43. The average Bonchev–Trinajstić information content (AvgIpc) is 3.59. The maximum absolute atomic E-state index is 14.0. The topological polar surface area (TPSA) is 87.7 Å². The highest BCUT2D eigenvalue weighted by atomic mass is 32.2. The lowest BCUT2D eigenvalue weighted by molar-refractivity contribution is -0.143. The summed E-state index contributed by atoms with van der Waals surface area (Å²) in [4.78, 5) is 41.9. The molecule has 196 valence electrons. The maximum atomic E-state index is 14.0. The zero-order valence-electron chi connectivity index (χ0n) is 22.3. The Morgan fingerprint density at radius 1 is 1.11 bits per heavy atom. The first kappa shape index (κ1) is 29.0. The number of aryl methyl sites for hydroxylation is 1. The molecule has 1 aromatic carbocycles. The van der Waals surface area contributed by atoms with Crippen LogP contribution in [0.5, 0.6) is 0 Å². The van der Waals surface area contributed by atoms with Gasteiger partial charge in [-0.25, -0.2) is 4.79 Å². The molecule has 3 atom stereocenters. The largest absolute Gasteiger partial charge is 0.444 e. The molecule has 0 radical (unpaired) electrons. The van der Waals surface area contributed by atoms with Crippen LogP contribution in [0.4, 0.5) is 4.79 Å². The van der Waals surface area contributed by atoms with Crippen molar-refractivity contribution in [2.45, 2.75) is 103 Å². The third kappa shape index (κ3) is 9.39. The molecule has 1 aliphatic carbocycles. The third-order valence-corrected chi connectivity index (χ3v) is 6.47. The molecule has 0 aromatic heterocycles. The molecule has 1 aromatic rings. The van der Waals surface area contributed by atoms with E-state index in [-0.39, 0.29) is 23.9 Å². The predicted octanol–water partition coefficient (Wildman–Crippen LogP) is 4.98. The molecule has 0 spiro atoms. The van der Waals surface area contributed by atoms with Gasteiger partial charge in [0.05, 0.1) is 0 Å². The van der Waals surface area contributed by atoms with Crippen molar-refractivity contribution in [3.05, 3.63) is 35.4 Å². The number of ether oxygens (including phenoxy) is 1. The first-order valence-electron chi connectivity index (χ1n) is 12.6. The van der Waals surface area contributed by atoms with Crippen LogP contribution in [0.15, 0.2) is 24.3 Å².